The summed E-state index contributed by atoms with van der Waals surface area (Å²) >= 11 is 5.77. The van der Waals surface area contributed by atoms with Gasteiger partial charge in [-0.2, -0.15) is 0 Å². The molecule has 1 atom stereocenters. The average Bonchev–Trinajstić information content (AvgIpc) is 2.53. The largest absolute Gasteiger partial charge is 0.322 e. The Kier molecular flexibility index (Phi) is 3.12. The van der Waals surface area contributed by atoms with Gasteiger partial charge in [-0.15, -0.1) is 0 Å². The first-order chi connectivity index (χ1) is 7.63. The molecule has 2 N–H and O–H groups in total. The molecule has 1 heterocycles. The molecule has 2 rings (SSSR count). The lowest BCUT2D eigenvalue weighted by molar-refractivity contribution is -0.117. The van der Waals surface area contributed by atoms with Crippen molar-refractivity contribution in [1.29, 1.82) is 0 Å². The number of fused-ring (bicyclic) bond motifs is 1. The van der Waals surface area contributed by atoms with E-state index < -0.39 is 11.9 Å². The summed E-state index contributed by atoms with van der Waals surface area (Å²) in [5, 5.41) is 5.87. The first-order valence-electron chi connectivity index (χ1n) is 5.16. The lowest BCUT2D eigenvalue weighted by Crippen LogP contribution is -2.27. The van der Waals surface area contributed by atoms with Crippen molar-refractivity contribution >= 4 is 23.2 Å². The molecule has 0 saturated heterocycles. The summed E-state index contributed by atoms with van der Waals surface area (Å²) in [5.41, 5.74) is 0.825. The van der Waals surface area contributed by atoms with Crippen molar-refractivity contribution in [2.24, 2.45) is 0 Å². The van der Waals surface area contributed by atoms with Crippen molar-refractivity contribution in [2.45, 2.75) is 19.4 Å². The van der Waals surface area contributed by atoms with Crippen molar-refractivity contribution < 1.29 is 9.18 Å². The van der Waals surface area contributed by atoms with E-state index in [0.29, 0.717) is 17.1 Å². The van der Waals surface area contributed by atoms with Crippen molar-refractivity contribution in [3.05, 3.63) is 28.5 Å². The summed E-state index contributed by atoms with van der Waals surface area (Å²) in [4.78, 5) is 11.6. The van der Waals surface area contributed by atoms with Gasteiger partial charge < -0.3 is 10.6 Å². The van der Waals surface area contributed by atoms with E-state index in [9.17, 15) is 9.18 Å². The predicted molar refractivity (Wildman–Crippen MR) is 61.1 cm³/mol. The van der Waals surface area contributed by atoms with Crippen LogP contribution in [0.25, 0.3) is 0 Å². The molecule has 1 aliphatic heterocycles. The molecule has 0 aliphatic carbocycles. The van der Waals surface area contributed by atoms with Crippen LogP contribution in [-0.2, 0) is 4.79 Å². The average molecular weight is 243 g/mol. The molecule has 0 bridgehead atoms. The molecule has 0 spiro atoms. The Morgan fingerprint density at radius 2 is 2.31 bits per heavy atom. The summed E-state index contributed by atoms with van der Waals surface area (Å²) in [7, 11) is 0. The Hall–Kier alpha value is -1.13. The van der Waals surface area contributed by atoms with E-state index in [0.717, 1.165) is 6.42 Å². The molecular weight excluding hydrogens is 231 g/mol. The smallest absolute Gasteiger partial charge is 0.246 e. The maximum absolute atomic E-state index is 13.5. The van der Waals surface area contributed by atoms with Crippen LogP contribution in [0.4, 0.5) is 10.1 Å². The Labute approximate surface area is 98.0 Å². The number of hydrogen-bond acceptors (Lipinski definition) is 2. The fraction of sp³-hybridized carbons (Fsp3) is 0.364. The number of halogens is 2. The zero-order chi connectivity index (χ0) is 11.7. The number of rotatable bonds is 3. The van der Waals surface area contributed by atoms with Crippen LogP contribution in [0.15, 0.2) is 12.1 Å². The first-order valence-corrected chi connectivity index (χ1v) is 5.54. The van der Waals surface area contributed by atoms with Gasteiger partial charge >= 0.3 is 0 Å². The summed E-state index contributed by atoms with van der Waals surface area (Å²) < 4.78 is 13.5. The van der Waals surface area contributed by atoms with E-state index in [1.807, 2.05) is 6.92 Å². The molecule has 1 aromatic carbocycles. The van der Waals surface area contributed by atoms with Crippen LogP contribution in [0.5, 0.6) is 0 Å². The zero-order valence-electron chi connectivity index (χ0n) is 8.81. The summed E-state index contributed by atoms with van der Waals surface area (Å²) in [6, 6.07) is 2.32. The minimum Gasteiger partial charge on any atom is -0.322 e. The van der Waals surface area contributed by atoms with Crippen molar-refractivity contribution in [3.8, 4) is 0 Å². The molecule has 0 fully saturated rings. The number of benzene rings is 1. The predicted octanol–water partition coefficient (Wildman–Crippen LogP) is 2.47. The second-order valence-electron chi connectivity index (χ2n) is 3.73. The van der Waals surface area contributed by atoms with Gasteiger partial charge in [-0.25, -0.2) is 4.39 Å². The van der Waals surface area contributed by atoms with Crippen LogP contribution in [0.2, 0.25) is 5.02 Å². The van der Waals surface area contributed by atoms with E-state index >= 15 is 0 Å². The van der Waals surface area contributed by atoms with Crippen LogP contribution in [0.1, 0.15) is 24.9 Å². The Morgan fingerprint density at radius 3 is 3.00 bits per heavy atom. The molecule has 0 saturated carbocycles. The summed E-state index contributed by atoms with van der Waals surface area (Å²) in [5.74, 6) is -0.721. The highest BCUT2D eigenvalue weighted by atomic mass is 35.5. The van der Waals surface area contributed by atoms with Gasteiger partial charge in [0.2, 0.25) is 5.91 Å². The summed E-state index contributed by atoms with van der Waals surface area (Å²) in [6.45, 7) is 2.70. The number of nitrogens with one attached hydrogen (secondary N) is 2. The second kappa shape index (κ2) is 4.39. The van der Waals surface area contributed by atoms with Gasteiger partial charge in [-0.1, -0.05) is 18.5 Å². The molecule has 1 amide bonds. The van der Waals surface area contributed by atoms with Gasteiger partial charge in [-0.05, 0) is 25.1 Å². The Balaban J connectivity index is 2.36. The monoisotopic (exact) mass is 242 g/mol. The van der Waals surface area contributed by atoms with Crippen LogP contribution in [0, 0.1) is 5.82 Å². The third-order valence-corrected chi connectivity index (χ3v) is 2.72. The summed E-state index contributed by atoms with van der Waals surface area (Å²) in [6.07, 6.45) is 0.905. The fourth-order valence-electron chi connectivity index (χ4n) is 1.78. The molecular formula is C11H12ClFN2O. The highest BCUT2D eigenvalue weighted by Gasteiger charge is 2.32. The minimum absolute atomic E-state index is 0.232. The lowest BCUT2D eigenvalue weighted by Gasteiger charge is -2.10. The maximum Gasteiger partial charge on any atom is 0.246 e. The third kappa shape index (κ3) is 1.90. The van der Waals surface area contributed by atoms with Crippen molar-refractivity contribution in [3.63, 3.8) is 0 Å². The van der Waals surface area contributed by atoms with Gasteiger partial charge in [-0.3, -0.25) is 4.79 Å². The van der Waals surface area contributed by atoms with Crippen molar-refractivity contribution in [1.82, 2.24) is 5.32 Å². The zero-order valence-corrected chi connectivity index (χ0v) is 9.57. The van der Waals surface area contributed by atoms with E-state index in [1.54, 1.807) is 6.07 Å². The van der Waals surface area contributed by atoms with Gasteiger partial charge in [0, 0.05) is 10.6 Å². The quantitative estimate of drug-likeness (QED) is 0.855. The first kappa shape index (κ1) is 11.4. The van der Waals surface area contributed by atoms with E-state index in [-0.39, 0.29) is 11.6 Å². The molecule has 0 radical (unpaired) electrons. The normalized spacial score (nSPS) is 18.4. The Bertz CT molecular complexity index is 436. The van der Waals surface area contributed by atoms with Crippen LogP contribution >= 0.6 is 11.6 Å². The van der Waals surface area contributed by atoms with Gasteiger partial charge in [0.25, 0.3) is 0 Å². The number of carbonyl (C=O) groups is 1. The standard InChI is InChI=1S/C11H12ClFN2O/c1-2-3-14-10-7-4-6(12)5-8(13)9(7)15-11(10)16/h4-5,10,14H,2-3H2,1H3,(H,15,16). The molecule has 3 nitrogen and oxygen atoms in total. The number of carbonyl (C=O) groups excluding carboxylic acids is 1. The number of hydrogen-bond donors (Lipinski definition) is 2. The third-order valence-electron chi connectivity index (χ3n) is 2.51. The van der Waals surface area contributed by atoms with Gasteiger partial charge in [0.05, 0.1) is 5.69 Å². The molecule has 1 aliphatic rings. The Morgan fingerprint density at radius 1 is 1.56 bits per heavy atom. The van der Waals surface area contributed by atoms with Crippen molar-refractivity contribution in [2.75, 3.05) is 11.9 Å². The van der Waals surface area contributed by atoms with Crippen LogP contribution in [0.3, 0.4) is 0 Å². The van der Waals surface area contributed by atoms with E-state index in [4.69, 9.17) is 11.6 Å². The molecule has 1 unspecified atom stereocenters. The SMILES string of the molecule is CCCNC1C(=O)Nc2c(F)cc(Cl)cc21. The van der Waals surface area contributed by atoms with E-state index in [1.165, 1.54) is 6.07 Å². The second-order valence-corrected chi connectivity index (χ2v) is 4.16. The molecule has 1 aromatic rings. The lowest BCUT2D eigenvalue weighted by atomic mass is 10.1. The van der Waals surface area contributed by atoms with Crippen LogP contribution < -0.4 is 10.6 Å². The van der Waals surface area contributed by atoms with E-state index in [2.05, 4.69) is 10.6 Å². The fourth-order valence-corrected chi connectivity index (χ4v) is 1.99. The molecule has 0 aromatic heterocycles. The van der Waals surface area contributed by atoms with Crippen LogP contribution in [-0.4, -0.2) is 12.5 Å². The molecule has 86 valence electrons. The van der Waals surface area contributed by atoms with Gasteiger partial charge in [0.1, 0.15) is 11.9 Å². The minimum atomic E-state index is -0.497. The number of amides is 1. The topological polar surface area (TPSA) is 41.1 Å². The molecule has 5 heteroatoms. The number of anilines is 1. The molecule has 16 heavy (non-hydrogen) atoms. The van der Waals surface area contributed by atoms with Gasteiger partial charge in [0.15, 0.2) is 0 Å². The highest BCUT2D eigenvalue weighted by Crippen LogP contribution is 2.35. The maximum atomic E-state index is 13.5. The highest BCUT2D eigenvalue weighted by molar-refractivity contribution is 6.31.